The summed E-state index contributed by atoms with van der Waals surface area (Å²) in [6, 6.07) is 6.14. The zero-order valence-electron chi connectivity index (χ0n) is 11.0. The van der Waals surface area contributed by atoms with Crippen LogP contribution in [0.4, 0.5) is 0 Å². The Labute approximate surface area is 114 Å². The number of aryl methyl sites for hydroxylation is 1. The van der Waals surface area contributed by atoms with Gasteiger partial charge in [0.2, 0.25) is 5.89 Å². The van der Waals surface area contributed by atoms with Gasteiger partial charge in [-0.3, -0.25) is 4.79 Å². The summed E-state index contributed by atoms with van der Waals surface area (Å²) in [5.74, 6) is 0.106. The van der Waals surface area contributed by atoms with E-state index in [4.69, 9.17) is 4.52 Å². The Kier molecular flexibility index (Phi) is 4.09. The van der Waals surface area contributed by atoms with Gasteiger partial charge in [-0.15, -0.1) is 0 Å². The van der Waals surface area contributed by atoms with Gasteiger partial charge in [0.05, 0.1) is 19.2 Å². The molecule has 2 aromatic rings. The Morgan fingerprint density at radius 2 is 1.90 bits per heavy atom. The lowest BCUT2D eigenvalue weighted by Gasteiger charge is -2.03. The molecule has 0 unspecified atom stereocenters. The molecule has 0 saturated heterocycles. The Morgan fingerprint density at radius 3 is 2.45 bits per heavy atom. The number of nitrogens with one attached hydrogen (secondary N) is 1. The number of methoxy groups -OCH3 is 1. The third kappa shape index (κ3) is 3.19. The standard InChI is InChI=1S/C13H13N3O4/c1-8-15-11(20-16-8)7-14-12(17)9-3-5-10(6-4-9)13(18)19-2/h3-6H,7H2,1-2H3,(H,14,17). The molecule has 0 fully saturated rings. The molecule has 0 bridgehead atoms. The molecule has 20 heavy (non-hydrogen) atoms. The van der Waals surface area contributed by atoms with E-state index in [1.165, 1.54) is 19.2 Å². The smallest absolute Gasteiger partial charge is 0.337 e. The van der Waals surface area contributed by atoms with Crippen LogP contribution in [-0.2, 0) is 11.3 Å². The molecular formula is C13H13N3O4. The van der Waals surface area contributed by atoms with Gasteiger partial charge in [-0.25, -0.2) is 4.79 Å². The average Bonchev–Trinajstić information content (AvgIpc) is 2.89. The molecule has 1 aromatic carbocycles. The van der Waals surface area contributed by atoms with E-state index in [-0.39, 0.29) is 12.5 Å². The van der Waals surface area contributed by atoms with Crippen molar-refractivity contribution >= 4 is 11.9 Å². The van der Waals surface area contributed by atoms with Crippen molar-refractivity contribution in [1.82, 2.24) is 15.5 Å². The Hall–Kier alpha value is -2.70. The van der Waals surface area contributed by atoms with E-state index in [1.807, 2.05) is 0 Å². The number of hydrogen-bond acceptors (Lipinski definition) is 6. The maximum Gasteiger partial charge on any atom is 0.337 e. The highest BCUT2D eigenvalue weighted by atomic mass is 16.5. The minimum Gasteiger partial charge on any atom is -0.465 e. The molecule has 0 aliphatic heterocycles. The molecule has 2 rings (SSSR count). The van der Waals surface area contributed by atoms with Crippen LogP contribution in [0.25, 0.3) is 0 Å². The molecule has 0 saturated carbocycles. The van der Waals surface area contributed by atoms with Crippen LogP contribution >= 0.6 is 0 Å². The first-order valence-electron chi connectivity index (χ1n) is 5.86. The van der Waals surface area contributed by atoms with E-state index in [0.29, 0.717) is 22.8 Å². The zero-order chi connectivity index (χ0) is 14.5. The van der Waals surface area contributed by atoms with E-state index >= 15 is 0 Å². The van der Waals surface area contributed by atoms with Gasteiger partial charge in [-0.05, 0) is 31.2 Å². The number of carbonyl (C=O) groups excluding carboxylic acids is 2. The predicted molar refractivity (Wildman–Crippen MR) is 68.0 cm³/mol. The predicted octanol–water partition coefficient (Wildman–Crippen LogP) is 1.09. The number of hydrogen-bond donors (Lipinski definition) is 1. The van der Waals surface area contributed by atoms with Crippen molar-refractivity contribution in [3.8, 4) is 0 Å². The number of esters is 1. The number of aromatic nitrogens is 2. The van der Waals surface area contributed by atoms with Crippen LogP contribution in [0.2, 0.25) is 0 Å². The number of carbonyl (C=O) groups is 2. The van der Waals surface area contributed by atoms with Gasteiger partial charge in [0.1, 0.15) is 0 Å². The normalized spacial score (nSPS) is 10.1. The molecule has 0 radical (unpaired) electrons. The van der Waals surface area contributed by atoms with Crippen LogP contribution in [0.5, 0.6) is 0 Å². The fourth-order valence-electron chi connectivity index (χ4n) is 1.55. The van der Waals surface area contributed by atoms with Crippen molar-refractivity contribution in [3.05, 3.63) is 47.1 Å². The van der Waals surface area contributed by atoms with Gasteiger partial charge in [0.25, 0.3) is 5.91 Å². The van der Waals surface area contributed by atoms with Crippen molar-refractivity contribution in [2.45, 2.75) is 13.5 Å². The lowest BCUT2D eigenvalue weighted by atomic mass is 10.1. The Morgan fingerprint density at radius 1 is 1.25 bits per heavy atom. The second kappa shape index (κ2) is 5.96. The van der Waals surface area contributed by atoms with Gasteiger partial charge in [-0.2, -0.15) is 4.98 Å². The topological polar surface area (TPSA) is 94.3 Å². The largest absolute Gasteiger partial charge is 0.465 e. The monoisotopic (exact) mass is 275 g/mol. The molecule has 1 N–H and O–H groups in total. The fraction of sp³-hybridized carbons (Fsp3) is 0.231. The zero-order valence-corrected chi connectivity index (χ0v) is 11.0. The molecule has 0 atom stereocenters. The van der Waals surface area contributed by atoms with Crippen molar-refractivity contribution in [3.63, 3.8) is 0 Å². The number of nitrogens with zero attached hydrogens (tertiary/aromatic N) is 2. The van der Waals surface area contributed by atoms with Crippen LogP contribution in [0.3, 0.4) is 0 Å². The number of benzene rings is 1. The van der Waals surface area contributed by atoms with Gasteiger partial charge in [0.15, 0.2) is 5.82 Å². The molecule has 1 heterocycles. The highest BCUT2D eigenvalue weighted by molar-refractivity contribution is 5.96. The Balaban J connectivity index is 1.97. The minimum absolute atomic E-state index is 0.151. The van der Waals surface area contributed by atoms with Crippen LogP contribution in [0, 0.1) is 6.92 Å². The summed E-state index contributed by atoms with van der Waals surface area (Å²) in [6.45, 7) is 1.85. The summed E-state index contributed by atoms with van der Waals surface area (Å²) in [5.41, 5.74) is 0.811. The maximum atomic E-state index is 11.9. The second-order valence-corrected chi connectivity index (χ2v) is 3.99. The van der Waals surface area contributed by atoms with Crippen LogP contribution < -0.4 is 5.32 Å². The SMILES string of the molecule is COC(=O)c1ccc(C(=O)NCc2nc(C)no2)cc1. The van der Waals surface area contributed by atoms with Crippen molar-refractivity contribution in [2.24, 2.45) is 0 Å². The van der Waals surface area contributed by atoms with Crippen molar-refractivity contribution < 1.29 is 18.8 Å². The highest BCUT2D eigenvalue weighted by Gasteiger charge is 2.10. The van der Waals surface area contributed by atoms with Gasteiger partial charge in [-0.1, -0.05) is 5.16 Å². The fourth-order valence-corrected chi connectivity index (χ4v) is 1.55. The lowest BCUT2D eigenvalue weighted by Crippen LogP contribution is -2.23. The molecule has 1 amide bonds. The minimum atomic E-state index is -0.446. The molecule has 1 aromatic heterocycles. The first kappa shape index (κ1) is 13.7. The average molecular weight is 275 g/mol. The quantitative estimate of drug-likeness (QED) is 0.839. The summed E-state index contributed by atoms with van der Waals surface area (Å²) >= 11 is 0. The Bertz CT molecular complexity index is 619. The molecule has 0 aliphatic rings. The third-order valence-corrected chi connectivity index (χ3v) is 2.54. The first-order chi connectivity index (χ1) is 9.60. The molecule has 104 valence electrons. The van der Waals surface area contributed by atoms with Crippen molar-refractivity contribution in [2.75, 3.05) is 7.11 Å². The van der Waals surface area contributed by atoms with E-state index in [1.54, 1.807) is 19.1 Å². The van der Waals surface area contributed by atoms with E-state index < -0.39 is 5.97 Å². The molecular weight excluding hydrogens is 262 g/mol. The summed E-state index contributed by atoms with van der Waals surface area (Å²) in [7, 11) is 1.30. The van der Waals surface area contributed by atoms with E-state index in [0.717, 1.165) is 0 Å². The van der Waals surface area contributed by atoms with Gasteiger partial charge in [0, 0.05) is 5.56 Å². The van der Waals surface area contributed by atoms with E-state index in [2.05, 4.69) is 20.2 Å². The molecule has 0 spiro atoms. The third-order valence-electron chi connectivity index (χ3n) is 2.54. The van der Waals surface area contributed by atoms with Gasteiger partial charge < -0.3 is 14.6 Å². The second-order valence-electron chi connectivity index (χ2n) is 3.99. The van der Waals surface area contributed by atoms with Crippen LogP contribution in [0.15, 0.2) is 28.8 Å². The first-order valence-corrected chi connectivity index (χ1v) is 5.86. The number of amides is 1. The summed E-state index contributed by atoms with van der Waals surface area (Å²) < 4.78 is 9.46. The molecule has 7 heteroatoms. The molecule has 0 aliphatic carbocycles. The lowest BCUT2D eigenvalue weighted by molar-refractivity contribution is 0.0600. The summed E-state index contributed by atoms with van der Waals surface area (Å²) in [6.07, 6.45) is 0. The number of ether oxygens (including phenoxy) is 1. The number of rotatable bonds is 4. The van der Waals surface area contributed by atoms with Crippen LogP contribution in [-0.4, -0.2) is 29.1 Å². The van der Waals surface area contributed by atoms with E-state index in [9.17, 15) is 9.59 Å². The van der Waals surface area contributed by atoms with Gasteiger partial charge >= 0.3 is 5.97 Å². The maximum absolute atomic E-state index is 11.9. The van der Waals surface area contributed by atoms with Crippen LogP contribution in [0.1, 0.15) is 32.4 Å². The summed E-state index contributed by atoms with van der Waals surface area (Å²) in [4.78, 5) is 27.1. The summed E-state index contributed by atoms with van der Waals surface area (Å²) in [5, 5.41) is 6.26. The van der Waals surface area contributed by atoms with Crippen molar-refractivity contribution in [1.29, 1.82) is 0 Å². The highest BCUT2D eigenvalue weighted by Crippen LogP contribution is 2.06. The molecule has 7 nitrogen and oxygen atoms in total.